The maximum Gasteiger partial charge on any atom is 0.356 e. The molecule has 0 fully saturated rings. The second-order valence-corrected chi connectivity index (χ2v) is 13.9. The molecule has 0 aliphatic carbocycles. The van der Waals surface area contributed by atoms with Crippen LogP contribution in [-0.4, -0.2) is 81.1 Å². The number of rotatable bonds is 18. The van der Waals surface area contributed by atoms with Crippen molar-refractivity contribution in [3.8, 4) is 0 Å². The minimum absolute atomic E-state index is 0.143. The van der Waals surface area contributed by atoms with Crippen molar-refractivity contribution in [3.63, 3.8) is 0 Å². The quantitative estimate of drug-likeness (QED) is 0.233. The van der Waals surface area contributed by atoms with E-state index in [2.05, 4.69) is 15.0 Å². The highest BCUT2D eigenvalue weighted by Gasteiger charge is 2.32. The molecule has 2 aromatic heterocycles. The van der Waals surface area contributed by atoms with Crippen molar-refractivity contribution in [3.05, 3.63) is 12.7 Å². The fourth-order valence-corrected chi connectivity index (χ4v) is 7.20. The first-order valence-electron chi connectivity index (χ1n) is 12.8. The molecule has 0 spiro atoms. The lowest BCUT2D eigenvalue weighted by Gasteiger charge is -2.27. The first-order chi connectivity index (χ1) is 18.1. The molecule has 0 aliphatic heterocycles. The van der Waals surface area contributed by atoms with E-state index in [1.54, 1.807) is 60.0 Å². The van der Waals surface area contributed by atoms with E-state index in [4.69, 9.17) is 33.3 Å². The van der Waals surface area contributed by atoms with Crippen LogP contribution in [0.15, 0.2) is 12.7 Å². The van der Waals surface area contributed by atoms with Gasteiger partial charge in [-0.25, -0.2) is 15.0 Å². The smallest absolute Gasteiger partial charge is 0.356 e. The Labute approximate surface area is 230 Å². The third-order valence-corrected chi connectivity index (χ3v) is 8.72. The van der Waals surface area contributed by atoms with Gasteiger partial charge in [0, 0.05) is 0 Å². The number of imidazole rings is 1. The number of aliphatic hydroxyl groups excluding tert-OH is 1. The Morgan fingerprint density at radius 2 is 1.26 bits per heavy atom. The van der Waals surface area contributed by atoms with Crippen LogP contribution in [0, 0.1) is 0 Å². The molecular weight excluding hydrogens is 552 g/mol. The molecule has 2 heterocycles. The van der Waals surface area contributed by atoms with Crippen LogP contribution in [0.1, 0.15) is 61.4 Å². The molecule has 2 rings (SSSR count). The molecule has 3 N–H and O–H groups in total. The van der Waals surface area contributed by atoms with Crippen LogP contribution in [0.3, 0.4) is 0 Å². The molecule has 0 unspecified atom stereocenters. The molecule has 2 atom stereocenters. The van der Waals surface area contributed by atoms with Gasteiger partial charge in [0.15, 0.2) is 11.5 Å². The van der Waals surface area contributed by atoms with E-state index in [1.807, 2.05) is 0 Å². The van der Waals surface area contributed by atoms with Crippen LogP contribution < -0.4 is 5.73 Å². The number of nitrogens with zero attached hydrogens (tertiary/aromatic N) is 4. The van der Waals surface area contributed by atoms with Crippen LogP contribution in [0.5, 0.6) is 0 Å². The number of aromatic nitrogens is 4. The average Bonchev–Trinajstić information content (AvgIpc) is 3.19. The predicted octanol–water partition coefficient (Wildman–Crippen LogP) is 4.34. The number of fused-ring (bicyclic) bond motifs is 1. The summed E-state index contributed by atoms with van der Waals surface area (Å²) in [4.78, 5) is 12.4. The summed E-state index contributed by atoms with van der Waals surface area (Å²) < 4.78 is 61.4. The molecule has 0 saturated heterocycles. The standard InChI is InChI=1S/C23H43N5O9P2/c1-15(2)34-38(30,35-16(3)4)13-32-9-19(28-12-27-21-22(24)25-11-26-23(21)28)20(29)10-33-14-39(31,36-17(5)6)37-18(7)8/h11-12,15-20,29H,9-10,13-14H2,1-8H3,(H2,24,25,26)/t19-,20+/m1/s1. The molecular formula is C23H43N5O9P2. The molecule has 16 heteroatoms. The van der Waals surface area contributed by atoms with Gasteiger partial charge in [-0.3, -0.25) is 9.13 Å². The Kier molecular flexibility index (Phi) is 12.9. The lowest BCUT2D eigenvalue weighted by atomic mass is 10.2. The molecule has 0 radical (unpaired) electrons. The maximum atomic E-state index is 13.2. The van der Waals surface area contributed by atoms with Crippen LogP contribution in [-0.2, 0) is 36.7 Å². The van der Waals surface area contributed by atoms with Gasteiger partial charge in [-0.05, 0) is 55.4 Å². The highest BCUT2D eigenvalue weighted by molar-refractivity contribution is 7.53. The van der Waals surface area contributed by atoms with Crippen molar-refractivity contribution in [2.75, 3.05) is 31.6 Å². The van der Waals surface area contributed by atoms with Crippen LogP contribution in [0.25, 0.3) is 11.2 Å². The van der Waals surface area contributed by atoms with Gasteiger partial charge in [0.2, 0.25) is 0 Å². The number of ether oxygens (including phenoxy) is 2. The minimum atomic E-state index is -3.60. The fourth-order valence-electron chi connectivity index (χ4n) is 3.63. The summed E-state index contributed by atoms with van der Waals surface area (Å²) in [5.41, 5.74) is 6.62. The second kappa shape index (κ2) is 15.0. The third-order valence-electron chi connectivity index (χ3n) is 4.75. The number of hydrogen-bond donors (Lipinski definition) is 2. The number of hydrogen-bond acceptors (Lipinski definition) is 13. The van der Waals surface area contributed by atoms with E-state index in [0.717, 1.165) is 0 Å². The summed E-state index contributed by atoms with van der Waals surface area (Å²) in [6, 6.07) is -0.827. The highest BCUT2D eigenvalue weighted by atomic mass is 31.2. The zero-order chi connectivity index (χ0) is 29.4. The van der Waals surface area contributed by atoms with E-state index >= 15 is 0 Å². The summed E-state index contributed by atoms with van der Waals surface area (Å²) in [5, 5.41) is 11.2. The number of nitrogens with two attached hydrogens (primary N) is 1. The molecule has 0 aromatic carbocycles. The first-order valence-corrected chi connectivity index (χ1v) is 16.3. The highest BCUT2D eigenvalue weighted by Crippen LogP contribution is 2.51. The summed E-state index contributed by atoms with van der Waals surface area (Å²) in [6.45, 7) is 13.5. The zero-order valence-electron chi connectivity index (χ0n) is 23.9. The van der Waals surface area contributed by atoms with Gasteiger partial charge in [-0.2, -0.15) is 0 Å². The largest absolute Gasteiger partial charge is 0.388 e. The van der Waals surface area contributed by atoms with E-state index in [0.29, 0.717) is 11.2 Å². The van der Waals surface area contributed by atoms with Crippen molar-refractivity contribution >= 4 is 32.2 Å². The Morgan fingerprint density at radius 1 is 0.795 bits per heavy atom. The topological polar surface area (TPSA) is 179 Å². The Bertz CT molecular complexity index is 1100. The van der Waals surface area contributed by atoms with Crippen molar-refractivity contribution in [1.29, 1.82) is 0 Å². The monoisotopic (exact) mass is 595 g/mol. The Hall–Kier alpha value is -1.47. The predicted molar refractivity (Wildman–Crippen MR) is 147 cm³/mol. The number of aliphatic hydroxyl groups is 1. The van der Waals surface area contributed by atoms with Gasteiger partial charge in [0.1, 0.15) is 30.6 Å². The lowest BCUT2D eigenvalue weighted by Crippen LogP contribution is -2.32. The first kappa shape index (κ1) is 33.7. The molecule has 39 heavy (non-hydrogen) atoms. The van der Waals surface area contributed by atoms with Gasteiger partial charge in [-0.1, -0.05) is 0 Å². The van der Waals surface area contributed by atoms with Gasteiger partial charge >= 0.3 is 15.2 Å². The van der Waals surface area contributed by atoms with E-state index in [1.165, 1.54) is 12.7 Å². The Balaban J connectivity index is 2.23. The molecule has 14 nitrogen and oxygen atoms in total. The lowest BCUT2D eigenvalue weighted by molar-refractivity contribution is -0.0122. The summed E-state index contributed by atoms with van der Waals surface area (Å²) >= 11 is 0. The molecule has 0 bridgehead atoms. The van der Waals surface area contributed by atoms with Gasteiger partial charge in [-0.15, -0.1) is 0 Å². The van der Waals surface area contributed by atoms with E-state index in [-0.39, 0.29) is 56.1 Å². The summed E-state index contributed by atoms with van der Waals surface area (Å²) in [6.07, 6.45) is -0.640. The van der Waals surface area contributed by atoms with Crippen LogP contribution in [0.2, 0.25) is 0 Å². The maximum absolute atomic E-state index is 13.2. The van der Waals surface area contributed by atoms with E-state index in [9.17, 15) is 14.2 Å². The van der Waals surface area contributed by atoms with Crippen LogP contribution >= 0.6 is 15.2 Å². The normalized spacial score (nSPS) is 14.8. The van der Waals surface area contributed by atoms with Gasteiger partial charge in [0.25, 0.3) is 0 Å². The van der Waals surface area contributed by atoms with Gasteiger partial charge in [0.05, 0.1) is 50.0 Å². The summed E-state index contributed by atoms with van der Waals surface area (Å²) in [7, 11) is -7.18. The van der Waals surface area contributed by atoms with Gasteiger partial charge < -0.3 is 43.0 Å². The molecule has 224 valence electrons. The average molecular weight is 596 g/mol. The Morgan fingerprint density at radius 3 is 1.72 bits per heavy atom. The zero-order valence-corrected chi connectivity index (χ0v) is 25.7. The summed E-state index contributed by atoms with van der Waals surface area (Å²) in [5.74, 6) is 0.168. The van der Waals surface area contributed by atoms with Crippen LogP contribution in [0.4, 0.5) is 5.82 Å². The third kappa shape index (κ3) is 10.8. The minimum Gasteiger partial charge on any atom is -0.388 e. The SMILES string of the molecule is CC(C)OP(=O)(COC[C@H]([C@@H](O)COCP(=O)(OC(C)C)OC(C)C)n1cnc2c(N)ncnc21)OC(C)C. The van der Waals surface area contributed by atoms with Crippen molar-refractivity contribution in [2.24, 2.45) is 0 Å². The van der Waals surface area contributed by atoms with Crippen molar-refractivity contribution in [2.45, 2.75) is 92.0 Å². The van der Waals surface area contributed by atoms with Crippen molar-refractivity contribution in [1.82, 2.24) is 19.5 Å². The van der Waals surface area contributed by atoms with E-state index < -0.39 is 27.3 Å². The molecule has 0 aliphatic rings. The molecule has 0 saturated carbocycles. The van der Waals surface area contributed by atoms with Crippen molar-refractivity contribution < 1.29 is 41.8 Å². The fraction of sp³-hybridized carbons (Fsp3) is 0.783. The second-order valence-electron chi connectivity index (χ2n) is 10.1. The number of anilines is 1. The number of nitrogen functional groups attached to an aromatic ring is 1. The molecule has 2 aromatic rings. The molecule has 0 amide bonds.